The van der Waals surface area contributed by atoms with E-state index in [1.165, 1.54) is 6.07 Å². The maximum atomic E-state index is 13.6. The topological polar surface area (TPSA) is 56.7 Å². The first kappa shape index (κ1) is 11.2. The van der Waals surface area contributed by atoms with Crippen LogP contribution in [0.5, 0.6) is 0 Å². The van der Waals surface area contributed by atoms with Crippen LogP contribution in [-0.4, -0.2) is 14.5 Å². The van der Waals surface area contributed by atoms with Crippen LogP contribution in [0.4, 0.5) is 10.3 Å². The van der Waals surface area contributed by atoms with Crippen molar-refractivity contribution in [2.45, 2.75) is 13.0 Å². The minimum atomic E-state index is -0.357. The van der Waals surface area contributed by atoms with Crippen molar-refractivity contribution in [3.8, 4) is 0 Å². The van der Waals surface area contributed by atoms with Gasteiger partial charge in [-0.1, -0.05) is 6.07 Å². The van der Waals surface area contributed by atoms with Gasteiger partial charge in [0.05, 0.1) is 11.6 Å². The molecule has 0 aliphatic heterocycles. The van der Waals surface area contributed by atoms with Crippen molar-refractivity contribution in [2.24, 2.45) is 0 Å². The third-order valence-corrected chi connectivity index (χ3v) is 3.84. The summed E-state index contributed by atoms with van der Waals surface area (Å²) in [5, 5.41) is 2.83. The lowest BCUT2D eigenvalue weighted by Gasteiger charge is -2.13. The molecule has 3 aromatic rings. The second-order valence-electron chi connectivity index (χ2n) is 3.99. The zero-order valence-corrected chi connectivity index (χ0v) is 10.5. The van der Waals surface area contributed by atoms with Crippen LogP contribution in [-0.2, 0) is 0 Å². The summed E-state index contributed by atoms with van der Waals surface area (Å²) in [5.74, 6) is -0.0536. The molecule has 0 saturated carbocycles. The molecule has 2 aromatic heterocycles. The van der Waals surface area contributed by atoms with Crippen LogP contribution in [0.2, 0.25) is 0 Å². The molecule has 0 radical (unpaired) electrons. The summed E-state index contributed by atoms with van der Waals surface area (Å²) >= 11 is 1.54. The number of anilines is 1. The van der Waals surface area contributed by atoms with Gasteiger partial charge in [-0.2, -0.15) is 0 Å². The summed E-state index contributed by atoms with van der Waals surface area (Å²) in [5.41, 5.74) is 6.89. The van der Waals surface area contributed by atoms with Crippen LogP contribution in [0.25, 0.3) is 11.0 Å². The second kappa shape index (κ2) is 4.06. The summed E-state index contributed by atoms with van der Waals surface area (Å²) in [6.07, 6.45) is 1.74. The summed E-state index contributed by atoms with van der Waals surface area (Å²) in [6.45, 7) is 1.97. The number of rotatable bonds is 2. The van der Waals surface area contributed by atoms with Gasteiger partial charge in [0, 0.05) is 11.6 Å². The fourth-order valence-corrected chi connectivity index (χ4v) is 2.74. The maximum Gasteiger partial charge on any atom is 0.201 e. The van der Waals surface area contributed by atoms with Crippen molar-refractivity contribution in [1.29, 1.82) is 0 Å². The van der Waals surface area contributed by atoms with Crippen LogP contribution in [0.1, 0.15) is 18.0 Å². The largest absolute Gasteiger partial charge is 0.369 e. The number of thiazole rings is 1. The Morgan fingerprint density at radius 1 is 1.44 bits per heavy atom. The predicted molar refractivity (Wildman–Crippen MR) is 70.0 cm³/mol. The van der Waals surface area contributed by atoms with E-state index in [1.807, 2.05) is 18.4 Å². The second-order valence-corrected chi connectivity index (χ2v) is 4.92. The van der Waals surface area contributed by atoms with Gasteiger partial charge in [0.25, 0.3) is 0 Å². The fraction of sp³-hybridized carbons (Fsp3) is 0.167. The van der Waals surface area contributed by atoms with Crippen LogP contribution >= 0.6 is 11.3 Å². The molecule has 6 heteroatoms. The van der Waals surface area contributed by atoms with Crippen LogP contribution in [0.15, 0.2) is 29.8 Å². The first-order chi connectivity index (χ1) is 8.68. The lowest BCUT2D eigenvalue weighted by atomic mass is 10.2. The molecule has 1 unspecified atom stereocenters. The number of imidazole rings is 1. The van der Waals surface area contributed by atoms with Crippen LogP contribution in [0, 0.1) is 5.82 Å². The molecule has 2 N–H and O–H groups in total. The van der Waals surface area contributed by atoms with E-state index in [0.29, 0.717) is 17.0 Å². The van der Waals surface area contributed by atoms with Gasteiger partial charge in [-0.15, -0.1) is 11.3 Å². The highest BCUT2D eigenvalue weighted by molar-refractivity contribution is 7.09. The van der Waals surface area contributed by atoms with Crippen molar-refractivity contribution in [3.63, 3.8) is 0 Å². The summed E-state index contributed by atoms with van der Waals surface area (Å²) in [6, 6.07) is 4.79. The summed E-state index contributed by atoms with van der Waals surface area (Å²) in [7, 11) is 0. The van der Waals surface area contributed by atoms with Gasteiger partial charge in [0.15, 0.2) is 5.82 Å². The van der Waals surface area contributed by atoms with Crippen molar-refractivity contribution in [2.75, 3.05) is 5.73 Å². The molecule has 0 aliphatic carbocycles. The Kier molecular flexibility index (Phi) is 2.52. The smallest absolute Gasteiger partial charge is 0.201 e. The van der Waals surface area contributed by atoms with E-state index in [0.717, 1.165) is 5.01 Å². The van der Waals surface area contributed by atoms with Crippen molar-refractivity contribution in [3.05, 3.63) is 40.6 Å². The van der Waals surface area contributed by atoms with E-state index < -0.39 is 0 Å². The van der Waals surface area contributed by atoms with Gasteiger partial charge in [-0.3, -0.25) is 0 Å². The van der Waals surface area contributed by atoms with Gasteiger partial charge < -0.3 is 10.3 Å². The maximum absolute atomic E-state index is 13.6. The van der Waals surface area contributed by atoms with Gasteiger partial charge in [0.1, 0.15) is 10.5 Å². The zero-order valence-electron chi connectivity index (χ0n) is 9.67. The summed E-state index contributed by atoms with van der Waals surface area (Å²) < 4.78 is 15.4. The van der Waals surface area contributed by atoms with Gasteiger partial charge in [-0.25, -0.2) is 14.4 Å². The molecule has 0 aliphatic rings. The lowest BCUT2D eigenvalue weighted by Crippen LogP contribution is -2.09. The predicted octanol–water partition coefficient (Wildman–Crippen LogP) is 2.82. The molecule has 0 saturated heterocycles. The van der Waals surface area contributed by atoms with Crippen LogP contribution < -0.4 is 5.73 Å². The number of hydrogen-bond acceptors (Lipinski definition) is 4. The molecular weight excluding hydrogens is 251 g/mol. The average molecular weight is 262 g/mol. The monoisotopic (exact) mass is 262 g/mol. The molecule has 0 spiro atoms. The molecule has 0 amide bonds. The quantitative estimate of drug-likeness (QED) is 0.772. The molecule has 3 rings (SSSR count). The van der Waals surface area contributed by atoms with Crippen molar-refractivity contribution in [1.82, 2.24) is 14.5 Å². The fourth-order valence-electron chi connectivity index (χ4n) is 2.06. The third-order valence-electron chi connectivity index (χ3n) is 2.89. The zero-order chi connectivity index (χ0) is 12.7. The first-order valence-electron chi connectivity index (χ1n) is 5.50. The number of para-hydroxylation sites is 1. The first-order valence-corrected chi connectivity index (χ1v) is 6.37. The molecule has 0 fully saturated rings. The van der Waals surface area contributed by atoms with E-state index >= 15 is 0 Å². The molecule has 1 atom stereocenters. The molecule has 18 heavy (non-hydrogen) atoms. The Morgan fingerprint density at radius 2 is 2.28 bits per heavy atom. The van der Waals surface area contributed by atoms with Crippen molar-refractivity contribution < 1.29 is 4.39 Å². The average Bonchev–Trinajstić information content (AvgIpc) is 2.96. The molecule has 1 aromatic carbocycles. The Labute approximate surface area is 107 Å². The number of nitrogens with two attached hydrogens (primary N) is 1. The highest BCUT2D eigenvalue weighted by Gasteiger charge is 2.18. The Hall–Kier alpha value is -1.95. The number of benzene rings is 1. The van der Waals surface area contributed by atoms with Gasteiger partial charge in [0.2, 0.25) is 5.95 Å². The van der Waals surface area contributed by atoms with E-state index in [4.69, 9.17) is 5.73 Å². The molecule has 4 nitrogen and oxygen atoms in total. The number of fused-ring (bicyclic) bond motifs is 1. The molecule has 0 bridgehead atoms. The van der Waals surface area contributed by atoms with E-state index in [9.17, 15) is 4.39 Å². The van der Waals surface area contributed by atoms with E-state index in [-0.39, 0.29) is 11.9 Å². The van der Waals surface area contributed by atoms with E-state index in [1.54, 1.807) is 28.2 Å². The molecule has 92 valence electrons. The summed E-state index contributed by atoms with van der Waals surface area (Å²) in [4.78, 5) is 8.35. The Balaban J connectivity index is 2.23. The Morgan fingerprint density at radius 3 is 3.00 bits per heavy atom. The molecule has 2 heterocycles. The normalized spacial score (nSPS) is 13.0. The van der Waals surface area contributed by atoms with Gasteiger partial charge >= 0.3 is 0 Å². The number of hydrogen-bond donors (Lipinski definition) is 1. The minimum absolute atomic E-state index is 0.0585. The SMILES string of the molecule is CC(c1nccs1)n1c(N)nc2c(F)cccc21. The Bertz CT molecular complexity index is 689. The van der Waals surface area contributed by atoms with Crippen LogP contribution in [0.3, 0.4) is 0 Å². The number of nitrogens with zero attached hydrogens (tertiary/aromatic N) is 3. The lowest BCUT2D eigenvalue weighted by molar-refractivity contribution is 0.636. The van der Waals surface area contributed by atoms with Crippen molar-refractivity contribution >= 4 is 28.3 Å². The number of nitrogen functional groups attached to an aromatic ring is 1. The number of halogens is 1. The third kappa shape index (κ3) is 1.57. The van der Waals surface area contributed by atoms with E-state index in [2.05, 4.69) is 9.97 Å². The molecular formula is C12H11FN4S. The highest BCUT2D eigenvalue weighted by Crippen LogP contribution is 2.29. The standard InChI is InChI=1S/C12H11FN4S/c1-7(11-15-5-6-18-11)17-9-4-2-3-8(13)10(9)16-12(17)14/h2-7H,1H3,(H2,14,16). The highest BCUT2D eigenvalue weighted by atomic mass is 32.1. The minimum Gasteiger partial charge on any atom is -0.369 e. The number of aromatic nitrogens is 3. The van der Waals surface area contributed by atoms with Gasteiger partial charge in [-0.05, 0) is 19.1 Å².